The summed E-state index contributed by atoms with van der Waals surface area (Å²) in [7, 11) is 0. The number of hydrogen-bond donors (Lipinski definition) is 1. The van der Waals surface area contributed by atoms with Gasteiger partial charge in [-0.05, 0) is 62.6 Å². The van der Waals surface area contributed by atoms with Crippen LogP contribution in [0.15, 0.2) is 51.6 Å². The van der Waals surface area contributed by atoms with E-state index in [0.29, 0.717) is 53.3 Å². The lowest BCUT2D eigenvalue weighted by atomic mass is 9.92. The van der Waals surface area contributed by atoms with Crippen LogP contribution in [-0.4, -0.2) is 46.4 Å². The fraction of sp³-hybridized carbons (Fsp3) is 0.480. The van der Waals surface area contributed by atoms with E-state index in [1.54, 1.807) is 11.8 Å². The Morgan fingerprint density at radius 2 is 1.83 bits per heavy atom. The highest BCUT2D eigenvalue weighted by Crippen LogP contribution is 2.45. The second-order valence-electron chi connectivity index (χ2n) is 8.91. The van der Waals surface area contributed by atoms with Crippen molar-refractivity contribution in [2.75, 3.05) is 19.6 Å². The molecule has 6 nitrogen and oxygen atoms in total. The molecule has 0 unspecified atom stereocenters. The maximum atomic E-state index is 13.6. The van der Waals surface area contributed by atoms with Crippen molar-refractivity contribution in [1.29, 1.82) is 0 Å². The van der Waals surface area contributed by atoms with Gasteiger partial charge in [-0.3, -0.25) is 9.59 Å². The monoisotopic (exact) mass is 506 g/mol. The number of amides is 2. The molecule has 35 heavy (non-hydrogen) atoms. The number of halogens is 3. The zero-order valence-electron chi connectivity index (χ0n) is 20.0. The summed E-state index contributed by atoms with van der Waals surface area (Å²) in [6, 6.07) is 4.20. The molecule has 0 aromatic heterocycles. The first-order valence-electron chi connectivity index (χ1n) is 11.8. The van der Waals surface area contributed by atoms with Gasteiger partial charge in [0.05, 0.1) is 29.3 Å². The van der Waals surface area contributed by atoms with E-state index in [4.69, 9.17) is 0 Å². The summed E-state index contributed by atoms with van der Waals surface area (Å²) in [6.07, 6.45) is -2.11. The summed E-state index contributed by atoms with van der Waals surface area (Å²) in [5.74, 6) is 0.204. The SMILES string of the molecule is CCN(CC)C(=O)C1=C(C)N=C2SC=C(CC(=O)NCC3CC3)N2[C@@H]1c1ccc(C(F)(F)F)cc1. The second-order valence-corrected chi connectivity index (χ2v) is 9.75. The topological polar surface area (TPSA) is 65.0 Å². The third-order valence-electron chi connectivity index (χ3n) is 6.46. The molecule has 2 amide bonds. The summed E-state index contributed by atoms with van der Waals surface area (Å²) in [4.78, 5) is 34.4. The molecule has 4 rings (SSSR count). The third kappa shape index (κ3) is 5.42. The Kier molecular flexibility index (Phi) is 7.30. The fourth-order valence-electron chi connectivity index (χ4n) is 4.30. The van der Waals surface area contributed by atoms with E-state index in [1.165, 1.54) is 23.9 Å². The van der Waals surface area contributed by atoms with Crippen LogP contribution >= 0.6 is 11.8 Å². The summed E-state index contributed by atoms with van der Waals surface area (Å²) in [5.41, 5.74) is 1.38. The van der Waals surface area contributed by atoms with E-state index in [9.17, 15) is 22.8 Å². The predicted octanol–water partition coefficient (Wildman–Crippen LogP) is 5.07. The Hall–Kier alpha value is -2.75. The third-order valence-corrected chi connectivity index (χ3v) is 7.35. The fourth-order valence-corrected chi connectivity index (χ4v) is 5.27. The Bertz CT molecular complexity index is 1090. The first-order valence-corrected chi connectivity index (χ1v) is 12.7. The molecule has 0 saturated heterocycles. The smallest absolute Gasteiger partial charge is 0.355 e. The largest absolute Gasteiger partial charge is 0.416 e. The lowest BCUT2D eigenvalue weighted by Gasteiger charge is -2.38. The normalized spacial score (nSPS) is 19.8. The number of fused-ring (bicyclic) bond motifs is 1. The van der Waals surface area contributed by atoms with Crippen LogP contribution in [0, 0.1) is 5.92 Å². The van der Waals surface area contributed by atoms with Gasteiger partial charge < -0.3 is 15.1 Å². The van der Waals surface area contributed by atoms with Crippen molar-refractivity contribution < 1.29 is 22.8 Å². The molecule has 0 spiro atoms. The summed E-state index contributed by atoms with van der Waals surface area (Å²) in [5, 5.41) is 5.40. The number of nitrogens with zero attached hydrogens (tertiary/aromatic N) is 3. The van der Waals surface area contributed by atoms with Gasteiger partial charge in [-0.2, -0.15) is 13.2 Å². The average Bonchev–Trinajstić information content (AvgIpc) is 3.57. The number of aliphatic imine (C=N–C) groups is 1. The predicted molar refractivity (Wildman–Crippen MR) is 130 cm³/mol. The summed E-state index contributed by atoms with van der Waals surface area (Å²) >= 11 is 1.35. The Balaban J connectivity index is 1.71. The van der Waals surface area contributed by atoms with Crippen molar-refractivity contribution in [2.24, 2.45) is 10.9 Å². The van der Waals surface area contributed by atoms with Crippen LogP contribution in [0.2, 0.25) is 0 Å². The highest BCUT2D eigenvalue weighted by atomic mass is 32.2. The highest BCUT2D eigenvalue weighted by molar-refractivity contribution is 8.16. The van der Waals surface area contributed by atoms with Gasteiger partial charge in [0.15, 0.2) is 5.17 Å². The van der Waals surface area contributed by atoms with Crippen molar-refractivity contribution >= 4 is 28.7 Å². The number of thioether (sulfide) groups is 1. The lowest BCUT2D eigenvalue weighted by Crippen LogP contribution is -2.42. The van der Waals surface area contributed by atoms with Crippen molar-refractivity contribution in [3.8, 4) is 0 Å². The minimum atomic E-state index is -4.46. The quantitative estimate of drug-likeness (QED) is 0.535. The van der Waals surface area contributed by atoms with Gasteiger partial charge in [-0.15, -0.1) is 0 Å². The number of rotatable bonds is 8. The van der Waals surface area contributed by atoms with Crippen LogP contribution in [0.3, 0.4) is 0 Å². The Labute approximate surface area is 207 Å². The van der Waals surface area contributed by atoms with Crippen molar-refractivity contribution in [2.45, 2.75) is 52.3 Å². The minimum Gasteiger partial charge on any atom is -0.355 e. The van der Waals surface area contributed by atoms with Crippen LogP contribution in [0.25, 0.3) is 0 Å². The summed E-state index contributed by atoms with van der Waals surface area (Å²) < 4.78 is 39.7. The molecule has 1 aromatic rings. The standard InChI is InChI=1S/C25H29F3N4O2S/c1-4-31(5-2)23(34)21-15(3)30-24-32(19(14-35-24)12-20(33)29-13-16-6-7-16)22(21)17-8-10-18(11-9-17)25(26,27)28/h8-11,14,16,22H,4-7,12-13H2,1-3H3,(H,29,33)/t22-/m1/s1. The zero-order valence-corrected chi connectivity index (χ0v) is 20.8. The van der Waals surface area contributed by atoms with Gasteiger partial charge in [0.25, 0.3) is 5.91 Å². The van der Waals surface area contributed by atoms with Gasteiger partial charge >= 0.3 is 6.18 Å². The van der Waals surface area contributed by atoms with Gasteiger partial charge in [-0.1, -0.05) is 23.9 Å². The molecule has 2 heterocycles. The summed E-state index contributed by atoms with van der Waals surface area (Å²) in [6.45, 7) is 7.13. The molecule has 2 aliphatic heterocycles. The van der Waals surface area contributed by atoms with E-state index >= 15 is 0 Å². The highest BCUT2D eigenvalue weighted by Gasteiger charge is 2.42. The number of amidine groups is 1. The molecule has 0 radical (unpaired) electrons. The minimum absolute atomic E-state index is 0.0989. The molecular formula is C25H29F3N4O2S. The molecule has 188 valence electrons. The lowest BCUT2D eigenvalue weighted by molar-refractivity contribution is -0.137. The van der Waals surface area contributed by atoms with E-state index in [2.05, 4.69) is 10.3 Å². The second kappa shape index (κ2) is 10.1. The molecule has 1 saturated carbocycles. The van der Waals surface area contributed by atoms with Gasteiger partial charge in [0, 0.05) is 25.3 Å². The molecule has 1 fully saturated rings. The number of benzene rings is 1. The molecule has 1 aromatic carbocycles. The van der Waals surface area contributed by atoms with Crippen LogP contribution in [0.4, 0.5) is 13.2 Å². The molecular weight excluding hydrogens is 477 g/mol. The van der Waals surface area contributed by atoms with Gasteiger partial charge in [-0.25, -0.2) is 4.99 Å². The van der Waals surface area contributed by atoms with Crippen molar-refractivity contribution in [1.82, 2.24) is 15.1 Å². The number of alkyl halides is 3. The number of likely N-dealkylation sites (N-methyl/N-ethyl adjacent to an activating group) is 1. The van der Waals surface area contributed by atoms with E-state index in [1.807, 2.05) is 24.2 Å². The number of carbonyl (C=O) groups excluding carboxylic acids is 2. The van der Waals surface area contributed by atoms with Gasteiger partial charge in [0.2, 0.25) is 5.91 Å². The molecule has 3 aliphatic rings. The molecule has 0 bridgehead atoms. The van der Waals surface area contributed by atoms with Crippen molar-refractivity contribution in [3.05, 3.63) is 57.8 Å². The van der Waals surface area contributed by atoms with Crippen LogP contribution in [-0.2, 0) is 15.8 Å². The van der Waals surface area contributed by atoms with Gasteiger partial charge in [0.1, 0.15) is 0 Å². The van der Waals surface area contributed by atoms with Crippen molar-refractivity contribution in [3.63, 3.8) is 0 Å². The molecule has 1 N–H and O–H groups in total. The maximum absolute atomic E-state index is 13.6. The van der Waals surface area contributed by atoms with Crippen LogP contribution < -0.4 is 5.32 Å². The first-order chi connectivity index (χ1) is 16.6. The number of hydrogen-bond acceptors (Lipinski definition) is 5. The van der Waals surface area contributed by atoms with E-state index in [-0.39, 0.29) is 18.2 Å². The number of allylic oxidation sites excluding steroid dienone is 1. The number of carbonyl (C=O) groups is 2. The molecule has 1 atom stereocenters. The first kappa shape index (κ1) is 25.3. The molecule has 1 aliphatic carbocycles. The number of nitrogens with one attached hydrogen (secondary N) is 1. The zero-order chi connectivity index (χ0) is 25.3. The van der Waals surface area contributed by atoms with E-state index in [0.717, 1.165) is 25.0 Å². The Morgan fingerprint density at radius 1 is 1.17 bits per heavy atom. The van der Waals surface area contributed by atoms with Crippen LogP contribution in [0.5, 0.6) is 0 Å². The average molecular weight is 507 g/mol. The Morgan fingerprint density at radius 3 is 2.40 bits per heavy atom. The molecule has 10 heteroatoms. The van der Waals surface area contributed by atoms with Crippen LogP contribution in [0.1, 0.15) is 57.2 Å². The van der Waals surface area contributed by atoms with E-state index < -0.39 is 17.8 Å². The maximum Gasteiger partial charge on any atom is 0.416 e.